The maximum atomic E-state index is 4.75. The van der Waals surface area contributed by atoms with Gasteiger partial charge in [0.1, 0.15) is 17.7 Å². The summed E-state index contributed by atoms with van der Waals surface area (Å²) in [7, 11) is 0. The molecular weight excluding hydrogens is 278 g/mol. The number of nitrogens with zero attached hydrogens (tertiary/aromatic N) is 6. The Labute approximate surface area is 127 Å². The summed E-state index contributed by atoms with van der Waals surface area (Å²) in [5.74, 6) is 1.74. The van der Waals surface area contributed by atoms with E-state index in [9.17, 15) is 0 Å². The molecule has 0 saturated carbocycles. The SMILES string of the molecule is CC(C)(C)c1ncc2c(n1)CN(c1ncnc3nc[nH]c13)C2. The molecule has 4 rings (SSSR count). The van der Waals surface area contributed by atoms with Gasteiger partial charge in [0.25, 0.3) is 0 Å². The van der Waals surface area contributed by atoms with Crippen LogP contribution in [-0.2, 0) is 18.5 Å². The third kappa shape index (κ3) is 2.01. The Morgan fingerprint density at radius 2 is 1.95 bits per heavy atom. The highest BCUT2D eigenvalue weighted by atomic mass is 15.2. The molecule has 0 bridgehead atoms. The van der Waals surface area contributed by atoms with Crippen molar-refractivity contribution in [2.45, 2.75) is 39.3 Å². The molecule has 7 nitrogen and oxygen atoms in total. The summed E-state index contributed by atoms with van der Waals surface area (Å²) in [4.78, 5) is 27.3. The third-order valence-electron chi connectivity index (χ3n) is 3.83. The second kappa shape index (κ2) is 4.46. The number of imidazole rings is 1. The minimum Gasteiger partial charge on any atom is -0.344 e. The van der Waals surface area contributed by atoms with Crippen LogP contribution in [-0.4, -0.2) is 29.9 Å². The molecule has 0 fully saturated rings. The molecule has 0 aromatic carbocycles. The van der Waals surface area contributed by atoms with Crippen molar-refractivity contribution in [3.05, 3.63) is 35.9 Å². The Bertz CT molecular complexity index is 846. The number of fused-ring (bicyclic) bond motifs is 2. The van der Waals surface area contributed by atoms with E-state index in [4.69, 9.17) is 4.98 Å². The summed E-state index contributed by atoms with van der Waals surface area (Å²) in [5.41, 5.74) is 3.72. The molecule has 1 aliphatic rings. The third-order valence-corrected chi connectivity index (χ3v) is 3.83. The zero-order valence-corrected chi connectivity index (χ0v) is 12.8. The van der Waals surface area contributed by atoms with Gasteiger partial charge in [-0.1, -0.05) is 20.8 Å². The zero-order chi connectivity index (χ0) is 15.3. The van der Waals surface area contributed by atoms with Crippen LogP contribution in [0.25, 0.3) is 11.2 Å². The number of anilines is 1. The fraction of sp³-hybridized carbons (Fsp3) is 0.400. The first-order valence-electron chi connectivity index (χ1n) is 7.26. The minimum absolute atomic E-state index is 0.0476. The van der Waals surface area contributed by atoms with Crippen molar-refractivity contribution >= 4 is 17.0 Å². The molecule has 22 heavy (non-hydrogen) atoms. The number of hydrogen-bond donors (Lipinski definition) is 1. The Morgan fingerprint density at radius 1 is 1.09 bits per heavy atom. The minimum atomic E-state index is -0.0476. The number of aromatic nitrogens is 6. The standard InChI is InChI=1S/C15H17N7/c1-15(2,3)14-16-4-9-5-22(6-10(9)21-14)13-11-12(18-7-17-11)19-8-20-13/h4,7-8H,5-6H2,1-3H3,(H,17,18,19,20). The number of aromatic amines is 1. The van der Waals surface area contributed by atoms with Gasteiger partial charge in [0.2, 0.25) is 0 Å². The van der Waals surface area contributed by atoms with Gasteiger partial charge >= 0.3 is 0 Å². The highest BCUT2D eigenvalue weighted by Crippen LogP contribution is 2.30. The van der Waals surface area contributed by atoms with Crippen molar-refractivity contribution in [3.63, 3.8) is 0 Å². The predicted octanol–water partition coefficient (Wildman–Crippen LogP) is 1.96. The molecule has 0 radical (unpaired) electrons. The van der Waals surface area contributed by atoms with Crippen LogP contribution in [0.5, 0.6) is 0 Å². The molecule has 0 saturated heterocycles. The molecule has 3 aromatic rings. The lowest BCUT2D eigenvalue weighted by atomic mass is 9.95. The highest BCUT2D eigenvalue weighted by Gasteiger charge is 2.26. The van der Waals surface area contributed by atoms with E-state index in [1.165, 1.54) is 0 Å². The van der Waals surface area contributed by atoms with E-state index in [0.29, 0.717) is 5.65 Å². The Kier molecular flexibility index (Phi) is 2.66. The maximum Gasteiger partial charge on any atom is 0.182 e. The fourth-order valence-electron chi connectivity index (χ4n) is 2.66. The largest absolute Gasteiger partial charge is 0.344 e. The average molecular weight is 295 g/mol. The average Bonchev–Trinajstić information content (AvgIpc) is 3.11. The Morgan fingerprint density at radius 3 is 2.77 bits per heavy atom. The van der Waals surface area contributed by atoms with Crippen molar-refractivity contribution in [2.24, 2.45) is 0 Å². The summed E-state index contributed by atoms with van der Waals surface area (Å²) in [6.07, 6.45) is 5.13. The summed E-state index contributed by atoms with van der Waals surface area (Å²) in [5, 5.41) is 0. The van der Waals surface area contributed by atoms with Gasteiger partial charge in [-0.15, -0.1) is 0 Å². The van der Waals surface area contributed by atoms with E-state index in [1.807, 2.05) is 6.20 Å². The quantitative estimate of drug-likeness (QED) is 0.739. The van der Waals surface area contributed by atoms with Crippen LogP contribution < -0.4 is 4.90 Å². The normalized spacial score (nSPS) is 14.6. The van der Waals surface area contributed by atoms with Gasteiger partial charge in [-0.3, -0.25) is 0 Å². The second-order valence-electron chi connectivity index (χ2n) is 6.57. The van der Waals surface area contributed by atoms with E-state index in [0.717, 1.165) is 41.5 Å². The van der Waals surface area contributed by atoms with E-state index >= 15 is 0 Å². The van der Waals surface area contributed by atoms with Gasteiger partial charge in [0, 0.05) is 23.7 Å². The van der Waals surface area contributed by atoms with E-state index in [2.05, 4.69) is 50.6 Å². The van der Waals surface area contributed by atoms with E-state index in [1.54, 1.807) is 12.7 Å². The molecular formula is C15H17N7. The topological polar surface area (TPSA) is 83.5 Å². The van der Waals surface area contributed by atoms with Crippen LogP contribution in [0.1, 0.15) is 37.9 Å². The first-order valence-corrected chi connectivity index (χ1v) is 7.26. The summed E-state index contributed by atoms with van der Waals surface area (Å²) < 4.78 is 0. The van der Waals surface area contributed by atoms with Crippen molar-refractivity contribution in [1.29, 1.82) is 0 Å². The molecule has 0 spiro atoms. The predicted molar refractivity (Wildman–Crippen MR) is 82.3 cm³/mol. The fourth-order valence-corrected chi connectivity index (χ4v) is 2.66. The van der Waals surface area contributed by atoms with Crippen LogP contribution in [0.4, 0.5) is 5.82 Å². The Balaban J connectivity index is 1.71. The van der Waals surface area contributed by atoms with E-state index in [-0.39, 0.29) is 5.41 Å². The maximum absolute atomic E-state index is 4.75. The van der Waals surface area contributed by atoms with Crippen LogP contribution >= 0.6 is 0 Å². The second-order valence-corrected chi connectivity index (χ2v) is 6.57. The van der Waals surface area contributed by atoms with Crippen molar-refractivity contribution < 1.29 is 0 Å². The highest BCUT2D eigenvalue weighted by molar-refractivity contribution is 5.82. The lowest BCUT2D eigenvalue weighted by molar-refractivity contribution is 0.541. The van der Waals surface area contributed by atoms with Crippen molar-refractivity contribution in [1.82, 2.24) is 29.9 Å². The van der Waals surface area contributed by atoms with Crippen molar-refractivity contribution in [3.8, 4) is 0 Å². The van der Waals surface area contributed by atoms with Crippen molar-refractivity contribution in [2.75, 3.05) is 4.90 Å². The first kappa shape index (κ1) is 13.1. The van der Waals surface area contributed by atoms with Gasteiger partial charge in [-0.25, -0.2) is 24.9 Å². The van der Waals surface area contributed by atoms with Gasteiger partial charge in [0.05, 0.1) is 18.6 Å². The van der Waals surface area contributed by atoms with Gasteiger partial charge < -0.3 is 9.88 Å². The Hall–Kier alpha value is -2.57. The number of rotatable bonds is 1. The molecule has 1 N–H and O–H groups in total. The lowest BCUT2D eigenvalue weighted by Crippen LogP contribution is -2.18. The number of hydrogen-bond acceptors (Lipinski definition) is 6. The molecule has 0 atom stereocenters. The molecule has 4 heterocycles. The summed E-state index contributed by atoms with van der Waals surface area (Å²) >= 11 is 0. The molecule has 1 aliphatic heterocycles. The molecule has 7 heteroatoms. The molecule has 0 amide bonds. The lowest BCUT2D eigenvalue weighted by Gasteiger charge is -2.17. The first-order chi connectivity index (χ1) is 10.5. The summed E-state index contributed by atoms with van der Waals surface area (Å²) in [6.45, 7) is 7.86. The van der Waals surface area contributed by atoms with Crippen LogP contribution in [0.2, 0.25) is 0 Å². The monoisotopic (exact) mass is 295 g/mol. The smallest absolute Gasteiger partial charge is 0.182 e. The van der Waals surface area contributed by atoms with Crippen LogP contribution in [0.15, 0.2) is 18.9 Å². The van der Waals surface area contributed by atoms with Gasteiger partial charge in [-0.2, -0.15) is 0 Å². The molecule has 3 aromatic heterocycles. The number of nitrogens with one attached hydrogen (secondary N) is 1. The van der Waals surface area contributed by atoms with Gasteiger partial charge in [0.15, 0.2) is 11.5 Å². The summed E-state index contributed by atoms with van der Waals surface area (Å²) in [6, 6.07) is 0. The van der Waals surface area contributed by atoms with Crippen LogP contribution in [0, 0.1) is 0 Å². The molecule has 0 aliphatic carbocycles. The molecule has 112 valence electrons. The van der Waals surface area contributed by atoms with E-state index < -0.39 is 0 Å². The molecule has 0 unspecified atom stereocenters. The zero-order valence-electron chi connectivity index (χ0n) is 12.8. The number of H-pyrrole nitrogens is 1. The van der Waals surface area contributed by atoms with Crippen LogP contribution in [0.3, 0.4) is 0 Å². The van der Waals surface area contributed by atoms with Gasteiger partial charge in [-0.05, 0) is 0 Å².